The summed E-state index contributed by atoms with van der Waals surface area (Å²) in [5, 5.41) is 0. The fourth-order valence-corrected chi connectivity index (χ4v) is 1.91. The average molecular weight is 241 g/mol. The minimum atomic E-state index is -0.548. The van der Waals surface area contributed by atoms with Gasteiger partial charge < -0.3 is 5.73 Å². The number of rotatable bonds is 5. The van der Waals surface area contributed by atoms with E-state index >= 15 is 0 Å². The highest BCUT2D eigenvalue weighted by Gasteiger charge is 2.18. The summed E-state index contributed by atoms with van der Waals surface area (Å²) in [6.45, 7) is 5.87. The van der Waals surface area contributed by atoms with E-state index in [1.807, 2.05) is 0 Å². The van der Waals surface area contributed by atoms with Gasteiger partial charge in [-0.2, -0.15) is 0 Å². The minimum absolute atomic E-state index is 0.0359. The number of benzene rings is 1. The van der Waals surface area contributed by atoms with Crippen molar-refractivity contribution in [2.24, 2.45) is 11.7 Å². The highest BCUT2D eigenvalue weighted by Crippen LogP contribution is 2.25. The van der Waals surface area contributed by atoms with Gasteiger partial charge in [0.15, 0.2) is 0 Å². The third-order valence-corrected chi connectivity index (χ3v) is 2.99. The first-order valence-corrected chi connectivity index (χ1v) is 6.13. The van der Waals surface area contributed by atoms with Crippen LogP contribution in [-0.2, 0) is 0 Å². The zero-order valence-electron chi connectivity index (χ0n) is 10.8. The summed E-state index contributed by atoms with van der Waals surface area (Å²) >= 11 is 0. The Kier molecular flexibility index (Phi) is 5.06. The highest BCUT2D eigenvalue weighted by molar-refractivity contribution is 5.28. The van der Waals surface area contributed by atoms with Gasteiger partial charge >= 0.3 is 0 Å². The molecule has 1 atom stereocenters. The number of hydrogen-bond donors (Lipinski definition) is 1. The molecule has 0 amide bonds. The lowest BCUT2D eigenvalue weighted by molar-refractivity contribution is 0.471. The molecule has 96 valence electrons. The molecule has 0 heterocycles. The lowest BCUT2D eigenvalue weighted by atomic mass is 9.96. The normalized spacial score (nSPS) is 13.1. The Balaban J connectivity index is 2.74. The molecule has 1 rings (SSSR count). The topological polar surface area (TPSA) is 26.0 Å². The average Bonchev–Trinajstić information content (AvgIpc) is 2.23. The van der Waals surface area contributed by atoms with E-state index in [0.29, 0.717) is 17.9 Å². The van der Waals surface area contributed by atoms with Crippen LogP contribution in [0.2, 0.25) is 0 Å². The monoisotopic (exact) mass is 241 g/mol. The Hall–Kier alpha value is -0.960. The largest absolute Gasteiger partial charge is 0.324 e. The van der Waals surface area contributed by atoms with Crippen LogP contribution in [0.25, 0.3) is 0 Å². The molecule has 0 aliphatic rings. The summed E-state index contributed by atoms with van der Waals surface area (Å²) in [5.74, 6) is -0.443. The Morgan fingerprint density at radius 2 is 1.82 bits per heavy atom. The molecule has 0 spiro atoms. The van der Waals surface area contributed by atoms with Gasteiger partial charge in [0.05, 0.1) is 0 Å². The summed E-state index contributed by atoms with van der Waals surface area (Å²) in [7, 11) is 0. The first kappa shape index (κ1) is 14.1. The van der Waals surface area contributed by atoms with E-state index in [-0.39, 0.29) is 5.56 Å². The standard InChI is InChI=1S/C14H21F2N/c1-9(2)5-4-6-12(17)13-11(15)8-7-10(3)14(13)16/h7-9,12H,4-6,17H2,1-3H3. The number of halogens is 2. The number of hydrogen-bond acceptors (Lipinski definition) is 1. The van der Waals surface area contributed by atoms with Crippen molar-refractivity contribution in [1.29, 1.82) is 0 Å². The number of aryl methyl sites for hydroxylation is 1. The molecule has 0 aliphatic heterocycles. The van der Waals surface area contributed by atoms with Gasteiger partial charge in [-0.3, -0.25) is 0 Å². The fraction of sp³-hybridized carbons (Fsp3) is 0.571. The van der Waals surface area contributed by atoms with Crippen molar-refractivity contribution in [2.45, 2.75) is 46.1 Å². The van der Waals surface area contributed by atoms with Crippen LogP contribution in [-0.4, -0.2) is 0 Å². The lowest BCUT2D eigenvalue weighted by Crippen LogP contribution is -2.15. The summed E-state index contributed by atoms with van der Waals surface area (Å²) in [6, 6.07) is 2.18. The molecule has 17 heavy (non-hydrogen) atoms. The van der Waals surface area contributed by atoms with E-state index in [1.165, 1.54) is 12.1 Å². The van der Waals surface area contributed by atoms with Crippen LogP contribution in [0.15, 0.2) is 12.1 Å². The van der Waals surface area contributed by atoms with E-state index in [0.717, 1.165) is 12.8 Å². The molecule has 0 saturated heterocycles. The second-order valence-electron chi connectivity index (χ2n) is 5.02. The van der Waals surface area contributed by atoms with Crippen LogP contribution in [0.1, 0.15) is 50.3 Å². The van der Waals surface area contributed by atoms with E-state index in [4.69, 9.17) is 5.73 Å². The maximum atomic E-state index is 13.8. The van der Waals surface area contributed by atoms with Gasteiger partial charge in [-0.25, -0.2) is 8.78 Å². The molecule has 2 N–H and O–H groups in total. The van der Waals surface area contributed by atoms with Crippen molar-refractivity contribution in [3.05, 3.63) is 34.9 Å². The van der Waals surface area contributed by atoms with Gasteiger partial charge in [-0.15, -0.1) is 0 Å². The van der Waals surface area contributed by atoms with Crippen molar-refractivity contribution < 1.29 is 8.78 Å². The summed E-state index contributed by atoms with van der Waals surface area (Å²) in [6.07, 6.45) is 2.55. The number of nitrogens with two attached hydrogens (primary N) is 1. The van der Waals surface area contributed by atoms with Gasteiger partial charge in [0.2, 0.25) is 0 Å². The van der Waals surface area contributed by atoms with Crippen LogP contribution >= 0.6 is 0 Å². The zero-order chi connectivity index (χ0) is 13.0. The minimum Gasteiger partial charge on any atom is -0.324 e. The van der Waals surface area contributed by atoms with Crippen molar-refractivity contribution in [1.82, 2.24) is 0 Å². The predicted octanol–water partition coefficient (Wildman–Crippen LogP) is 4.10. The van der Waals surface area contributed by atoms with Crippen LogP contribution in [0.5, 0.6) is 0 Å². The van der Waals surface area contributed by atoms with Crippen molar-refractivity contribution in [2.75, 3.05) is 0 Å². The van der Waals surface area contributed by atoms with Gasteiger partial charge in [0.1, 0.15) is 11.6 Å². The summed E-state index contributed by atoms with van der Waals surface area (Å²) in [4.78, 5) is 0. The molecule has 0 fully saturated rings. The zero-order valence-corrected chi connectivity index (χ0v) is 10.8. The Bertz CT molecular complexity index is 375. The van der Waals surface area contributed by atoms with Gasteiger partial charge in [0, 0.05) is 11.6 Å². The molecule has 0 aliphatic carbocycles. The molecular weight excluding hydrogens is 220 g/mol. The molecule has 1 nitrogen and oxygen atoms in total. The Labute approximate surface area is 102 Å². The highest BCUT2D eigenvalue weighted by atomic mass is 19.1. The van der Waals surface area contributed by atoms with Gasteiger partial charge in [-0.05, 0) is 30.9 Å². The van der Waals surface area contributed by atoms with Gasteiger partial charge in [-0.1, -0.05) is 32.8 Å². The third-order valence-electron chi connectivity index (χ3n) is 2.99. The smallest absolute Gasteiger partial charge is 0.133 e. The Morgan fingerprint density at radius 3 is 2.41 bits per heavy atom. The predicted molar refractivity (Wildman–Crippen MR) is 66.7 cm³/mol. The maximum absolute atomic E-state index is 13.8. The molecule has 1 aromatic carbocycles. The summed E-state index contributed by atoms with van der Waals surface area (Å²) < 4.78 is 27.3. The van der Waals surface area contributed by atoms with E-state index in [2.05, 4.69) is 13.8 Å². The SMILES string of the molecule is Cc1ccc(F)c(C(N)CCCC(C)C)c1F. The molecule has 1 unspecified atom stereocenters. The van der Waals surface area contributed by atoms with Crippen LogP contribution < -0.4 is 5.73 Å². The first-order chi connectivity index (χ1) is 7.93. The third kappa shape index (κ3) is 3.77. The molecule has 0 bridgehead atoms. The van der Waals surface area contributed by atoms with Crippen molar-refractivity contribution in [3.8, 4) is 0 Å². The van der Waals surface area contributed by atoms with E-state index in [1.54, 1.807) is 6.92 Å². The second kappa shape index (κ2) is 6.10. The quantitative estimate of drug-likeness (QED) is 0.825. The fourth-order valence-electron chi connectivity index (χ4n) is 1.91. The molecule has 0 radical (unpaired) electrons. The molecule has 0 saturated carbocycles. The summed E-state index contributed by atoms with van der Waals surface area (Å²) in [5.41, 5.74) is 6.35. The van der Waals surface area contributed by atoms with E-state index < -0.39 is 17.7 Å². The lowest BCUT2D eigenvalue weighted by Gasteiger charge is -2.15. The second-order valence-corrected chi connectivity index (χ2v) is 5.02. The molecule has 0 aromatic heterocycles. The van der Waals surface area contributed by atoms with Crippen molar-refractivity contribution >= 4 is 0 Å². The first-order valence-electron chi connectivity index (χ1n) is 6.13. The molecular formula is C14H21F2N. The van der Waals surface area contributed by atoms with Gasteiger partial charge in [0.25, 0.3) is 0 Å². The maximum Gasteiger partial charge on any atom is 0.133 e. The van der Waals surface area contributed by atoms with Crippen molar-refractivity contribution in [3.63, 3.8) is 0 Å². The Morgan fingerprint density at radius 1 is 1.18 bits per heavy atom. The van der Waals surface area contributed by atoms with E-state index in [9.17, 15) is 8.78 Å². The van der Waals surface area contributed by atoms with Crippen LogP contribution in [0.3, 0.4) is 0 Å². The van der Waals surface area contributed by atoms with Crippen LogP contribution in [0, 0.1) is 24.5 Å². The van der Waals surface area contributed by atoms with Crippen LogP contribution in [0.4, 0.5) is 8.78 Å². The molecule has 3 heteroatoms. The molecule has 1 aromatic rings.